The van der Waals surface area contributed by atoms with Crippen LogP contribution in [-0.2, 0) is 6.18 Å². The molecule has 1 aliphatic carbocycles. The molecule has 0 aromatic heterocycles. The molecule has 1 aromatic rings. The van der Waals surface area contributed by atoms with Gasteiger partial charge in [-0.1, -0.05) is 19.3 Å². The molecular weight excluding hydrogens is 335 g/mol. The van der Waals surface area contributed by atoms with Crippen LogP contribution in [0.25, 0.3) is 0 Å². The molecule has 1 fully saturated rings. The number of hydrogen-bond acceptors (Lipinski definition) is 1. The lowest BCUT2D eigenvalue weighted by molar-refractivity contribution is -0.137. The Labute approximate surface area is 123 Å². The Morgan fingerprint density at radius 2 is 2.05 bits per heavy atom. The van der Waals surface area contributed by atoms with E-state index in [1.54, 1.807) is 0 Å². The zero-order valence-electron chi connectivity index (χ0n) is 10.8. The lowest BCUT2D eigenvalue weighted by Crippen LogP contribution is -2.28. The minimum Gasteiger partial charge on any atom is -0.352 e. The molecule has 1 aliphatic rings. The predicted octanol–water partition coefficient (Wildman–Crippen LogP) is 4.39. The van der Waals surface area contributed by atoms with Crippen molar-refractivity contribution in [2.24, 2.45) is 5.92 Å². The first-order valence-corrected chi connectivity index (χ1v) is 7.32. The quantitative estimate of drug-likeness (QED) is 0.858. The van der Waals surface area contributed by atoms with E-state index in [9.17, 15) is 18.0 Å². The maximum Gasteiger partial charge on any atom is 0.416 e. The second kappa shape index (κ2) is 6.16. The van der Waals surface area contributed by atoms with Crippen LogP contribution in [-0.4, -0.2) is 12.5 Å². The van der Waals surface area contributed by atoms with Crippen molar-refractivity contribution in [1.29, 1.82) is 0 Å². The lowest BCUT2D eigenvalue weighted by atomic mass is 9.83. The Morgan fingerprint density at radius 1 is 1.35 bits per heavy atom. The van der Waals surface area contributed by atoms with Gasteiger partial charge in [0.1, 0.15) is 0 Å². The first kappa shape index (κ1) is 15.4. The van der Waals surface area contributed by atoms with Crippen molar-refractivity contribution in [2.45, 2.75) is 31.9 Å². The van der Waals surface area contributed by atoms with Gasteiger partial charge in [0.05, 0.1) is 11.1 Å². The van der Waals surface area contributed by atoms with E-state index in [0.29, 0.717) is 16.9 Å². The topological polar surface area (TPSA) is 29.1 Å². The van der Waals surface area contributed by atoms with Gasteiger partial charge in [0.25, 0.3) is 5.91 Å². The van der Waals surface area contributed by atoms with Crippen molar-refractivity contribution in [3.63, 3.8) is 0 Å². The summed E-state index contributed by atoms with van der Waals surface area (Å²) in [5.41, 5.74) is -0.793. The summed E-state index contributed by atoms with van der Waals surface area (Å²) in [4.78, 5) is 11.9. The summed E-state index contributed by atoms with van der Waals surface area (Å²) in [5, 5.41) is 2.68. The molecular formula is C14H15BrF3NO. The minimum absolute atomic E-state index is 0.0217. The zero-order chi connectivity index (χ0) is 14.8. The van der Waals surface area contributed by atoms with Gasteiger partial charge in [-0.25, -0.2) is 0 Å². The third kappa shape index (κ3) is 3.75. The van der Waals surface area contributed by atoms with E-state index >= 15 is 0 Å². The summed E-state index contributed by atoms with van der Waals surface area (Å²) >= 11 is 3.12. The molecule has 1 aromatic carbocycles. The number of carbonyl (C=O) groups excluding carboxylic acids is 1. The van der Waals surface area contributed by atoms with E-state index in [-0.39, 0.29) is 5.56 Å². The summed E-state index contributed by atoms with van der Waals surface area (Å²) in [6.07, 6.45) is 0.0496. The number of rotatable bonds is 4. The zero-order valence-corrected chi connectivity index (χ0v) is 12.4. The smallest absolute Gasteiger partial charge is 0.352 e. The molecule has 110 valence electrons. The van der Waals surface area contributed by atoms with Gasteiger partial charge in [-0.05, 0) is 46.5 Å². The number of halogens is 4. The van der Waals surface area contributed by atoms with Crippen LogP contribution in [0.15, 0.2) is 22.7 Å². The Balaban J connectivity index is 2.00. The van der Waals surface area contributed by atoms with Crippen molar-refractivity contribution in [3.8, 4) is 0 Å². The second-order valence-corrected chi connectivity index (χ2v) is 5.89. The van der Waals surface area contributed by atoms with Gasteiger partial charge in [-0.2, -0.15) is 13.2 Å². The van der Waals surface area contributed by atoms with Crippen LogP contribution in [0, 0.1) is 5.92 Å². The summed E-state index contributed by atoms with van der Waals surface area (Å²) in [7, 11) is 0. The average molecular weight is 350 g/mol. The largest absolute Gasteiger partial charge is 0.416 e. The normalized spacial score (nSPS) is 15.8. The number of carbonyl (C=O) groups is 1. The standard InChI is InChI=1S/C14H15BrF3NO/c15-12-5-4-10(14(16,17)18)8-11(12)13(20)19-7-6-9-2-1-3-9/h4-5,8-9H,1-3,6-7H2,(H,19,20). The molecule has 6 heteroatoms. The van der Waals surface area contributed by atoms with Crippen molar-refractivity contribution >= 4 is 21.8 Å². The van der Waals surface area contributed by atoms with Crippen molar-refractivity contribution in [2.75, 3.05) is 6.54 Å². The highest BCUT2D eigenvalue weighted by molar-refractivity contribution is 9.10. The maximum absolute atomic E-state index is 12.6. The van der Waals surface area contributed by atoms with Crippen molar-refractivity contribution < 1.29 is 18.0 Å². The van der Waals surface area contributed by atoms with E-state index in [2.05, 4.69) is 21.2 Å². The molecule has 2 nitrogen and oxygen atoms in total. The molecule has 1 N–H and O–H groups in total. The Hall–Kier alpha value is -1.04. The summed E-state index contributed by atoms with van der Waals surface area (Å²) in [6, 6.07) is 3.08. The molecule has 1 amide bonds. The highest BCUT2D eigenvalue weighted by Gasteiger charge is 2.31. The fraction of sp³-hybridized carbons (Fsp3) is 0.500. The first-order valence-electron chi connectivity index (χ1n) is 6.53. The van der Waals surface area contributed by atoms with Gasteiger partial charge >= 0.3 is 6.18 Å². The molecule has 0 spiro atoms. The van der Waals surface area contributed by atoms with E-state index < -0.39 is 17.6 Å². The highest BCUT2D eigenvalue weighted by Crippen LogP contribution is 2.32. The molecule has 0 saturated heterocycles. The third-order valence-corrected chi connectivity index (χ3v) is 4.29. The molecule has 20 heavy (non-hydrogen) atoms. The number of benzene rings is 1. The second-order valence-electron chi connectivity index (χ2n) is 5.03. The van der Waals surface area contributed by atoms with E-state index in [0.717, 1.165) is 18.6 Å². The van der Waals surface area contributed by atoms with Crippen LogP contribution in [0.1, 0.15) is 41.6 Å². The van der Waals surface area contributed by atoms with Gasteiger partial charge < -0.3 is 5.32 Å². The molecule has 0 heterocycles. The molecule has 0 radical (unpaired) electrons. The van der Waals surface area contributed by atoms with Crippen LogP contribution in [0.5, 0.6) is 0 Å². The van der Waals surface area contributed by atoms with E-state index in [1.165, 1.54) is 25.3 Å². The molecule has 1 saturated carbocycles. The SMILES string of the molecule is O=C(NCCC1CCC1)c1cc(C(F)(F)F)ccc1Br. The van der Waals surface area contributed by atoms with Crippen molar-refractivity contribution in [1.82, 2.24) is 5.32 Å². The highest BCUT2D eigenvalue weighted by atomic mass is 79.9. The van der Waals surface area contributed by atoms with Gasteiger partial charge in [0.15, 0.2) is 0 Å². The van der Waals surface area contributed by atoms with Gasteiger partial charge in [-0.3, -0.25) is 4.79 Å². The lowest BCUT2D eigenvalue weighted by Gasteiger charge is -2.25. The van der Waals surface area contributed by atoms with Gasteiger partial charge in [-0.15, -0.1) is 0 Å². The van der Waals surface area contributed by atoms with E-state index in [4.69, 9.17) is 0 Å². The molecule has 0 bridgehead atoms. The molecule has 0 atom stereocenters. The van der Waals surface area contributed by atoms with Crippen LogP contribution in [0.2, 0.25) is 0 Å². The van der Waals surface area contributed by atoms with Crippen molar-refractivity contribution in [3.05, 3.63) is 33.8 Å². The van der Waals surface area contributed by atoms with Gasteiger partial charge in [0, 0.05) is 11.0 Å². The minimum atomic E-state index is -4.44. The number of amides is 1. The van der Waals surface area contributed by atoms with Crippen LogP contribution < -0.4 is 5.32 Å². The molecule has 0 aliphatic heterocycles. The average Bonchev–Trinajstić information content (AvgIpc) is 2.31. The predicted molar refractivity (Wildman–Crippen MR) is 73.4 cm³/mol. The Bertz CT molecular complexity index is 498. The van der Waals surface area contributed by atoms with Crippen LogP contribution in [0.4, 0.5) is 13.2 Å². The maximum atomic E-state index is 12.6. The Morgan fingerprint density at radius 3 is 2.60 bits per heavy atom. The first-order chi connectivity index (χ1) is 9.38. The van der Waals surface area contributed by atoms with Crippen LogP contribution >= 0.6 is 15.9 Å². The monoisotopic (exact) mass is 349 g/mol. The van der Waals surface area contributed by atoms with Crippen LogP contribution in [0.3, 0.4) is 0 Å². The number of hydrogen-bond donors (Lipinski definition) is 1. The summed E-state index contributed by atoms with van der Waals surface area (Å²) in [5.74, 6) is 0.183. The third-order valence-electron chi connectivity index (χ3n) is 3.60. The number of alkyl halides is 3. The summed E-state index contributed by atoms with van der Waals surface area (Å²) in [6.45, 7) is 0.506. The van der Waals surface area contributed by atoms with E-state index in [1.807, 2.05) is 0 Å². The Kier molecular flexibility index (Phi) is 4.73. The fourth-order valence-electron chi connectivity index (χ4n) is 2.14. The van der Waals surface area contributed by atoms with Gasteiger partial charge in [0.2, 0.25) is 0 Å². The molecule has 0 unspecified atom stereocenters. The fourth-order valence-corrected chi connectivity index (χ4v) is 2.57. The number of nitrogens with one attached hydrogen (secondary N) is 1. The summed E-state index contributed by atoms with van der Waals surface area (Å²) < 4.78 is 38.2. The molecule has 2 rings (SSSR count).